The van der Waals surface area contributed by atoms with Gasteiger partial charge < -0.3 is 4.52 Å². The van der Waals surface area contributed by atoms with Gasteiger partial charge in [0.15, 0.2) is 5.76 Å². The number of hydrogen-bond donors (Lipinski definition) is 0. The summed E-state index contributed by atoms with van der Waals surface area (Å²) < 4.78 is 5.30. The normalized spacial score (nSPS) is 13.5. The zero-order chi connectivity index (χ0) is 13.1. The summed E-state index contributed by atoms with van der Waals surface area (Å²) in [4.78, 5) is 0. The Bertz CT molecular complexity index is 385. The summed E-state index contributed by atoms with van der Waals surface area (Å²) in [6.45, 7) is 10.9. The van der Waals surface area contributed by atoms with Crippen LogP contribution in [0.5, 0.6) is 0 Å². The molecule has 0 bridgehead atoms. The quantitative estimate of drug-likeness (QED) is 0.549. The van der Waals surface area contributed by atoms with Gasteiger partial charge >= 0.3 is 0 Å². The van der Waals surface area contributed by atoms with E-state index in [2.05, 4.69) is 67.8 Å². The van der Waals surface area contributed by atoms with Gasteiger partial charge in [0.25, 0.3) is 0 Å². The Hall–Kier alpha value is 0.0300. The van der Waals surface area contributed by atoms with Crippen LogP contribution in [0.25, 0.3) is 6.08 Å². The zero-order valence-electron chi connectivity index (χ0n) is 11.1. The molecule has 0 fully saturated rings. The third-order valence-corrected chi connectivity index (χ3v) is 3.86. The van der Waals surface area contributed by atoms with Crippen molar-refractivity contribution in [1.82, 2.24) is 5.16 Å². The van der Waals surface area contributed by atoms with Gasteiger partial charge in [-0.05, 0) is 30.7 Å². The van der Waals surface area contributed by atoms with E-state index >= 15 is 0 Å². The monoisotopic (exact) mass is 365 g/mol. The van der Waals surface area contributed by atoms with Crippen molar-refractivity contribution in [1.29, 1.82) is 0 Å². The van der Waals surface area contributed by atoms with Gasteiger partial charge in [-0.3, -0.25) is 0 Å². The predicted molar refractivity (Wildman–Crippen MR) is 84.5 cm³/mol. The Morgan fingerprint density at radius 3 is 2.47 bits per heavy atom. The van der Waals surface area contributed by atoms with E-state index in [-0.39, 0.29) is 3.42 Å². The number of alkyl halides is 1. The molecule has 1 rings (SSSR count). The van der Waals surface area contributed by atoms with E-state index in [0.29, 0.717) is 5.41 Å². The van der Waals surface area contributed by atoms with Crippen molar-refractivity contribution in [3.05, 3.63) is 22.9 Å². The van der Waals surface area contributed by atoms with Crippen LogP contribution in [-0.4, -0.2) is 10.9 Å². The lowest BCUT2D eigenvalue weighted by Crippen LogP contribution is -2.07. The van der Waals surface area contributed by atoms with Gasteiger partial charge in [-0.15, -0.1) is 11.8 Å². The lowest BCUT2D eigenvalue weighted by molar-refractivity contribution is 0.365. The fourth-order valence-electron chi connectivity index (χ4n) is 1.06. The van der Waals surface area contributed by atoms with Crippen molar-refractivity contribution >= 4 is 40.4 Å². The Kier molecular flexibility index (Phi) is 5.13. The fourth-order valence-corrected chi connectivity index (χ4v) is 2.15. The van der Waals surface area contributed by atoms with Crippen molar-refractivity contribution in [2.75, 3.05) is 5.75 Å². The molecular weight excluding hydrogens is 345 g/mol. The molecule has 0 spiro atoms. The maximum atomic E-state index is 5.31. The summed E-state index contributed by atoms with van der Waals surface area (Å²) in [5, 5.41) is 6.13. The van der Waals surface area contributed by atoms with Crippen molar-refractivity contribution in [2.45, 2.75) is 38.0 Å². The van der Waals surface area contributed by atoms with Gasteiger partial charge in [-0.25, -0.2) is 0 Å². The zero-order valence-corrected chi connectivity index (χ0v) is 14.1. The van der Waals surface area contributed by atoms with E-state index in [1.54, 1.807) is 0 Å². The Morgan fingerprint density at radius 2 is 2.00 bits per heavy atom. The van der Waals surface area contributed by atoms with Gasteiger partial charge in [0, 0.05) is 11.8 Å². The Balaban J connectivity index is 2.53. The minimum atomic E-state index is -0.00456. The highest BCUT2D eigenvalue weighted by Crippen LogP contribution is 2.31. The third kappa shape index (κ3) is 5.95. The first-order chi connectivity index (χ1) is 7.68. The van der Waals surface area contributed by atoms with Crippen molar-refractivity contribution in [2.24, 2.45) is 5.41 Å². The largest absolute Gasteiger partial charge is 0.359 e. The summed E-state index contributed by atoms with van der Waals surface area (Å²) in [7, 11) is 0. The number of rotatable bonds is 4. The highest BCUT2D eigenvalue weighted by atomic mass is 127. The molecule has 0 N–H and O–H groups in total. The molecule has 0 aromatic carbocycles. The van der Waals surface area contributed by atoms with Gasteiger partial charge in [0.1, 0.15) is 5.69 Å². The summed E-state index contributed by atoms with van der Waals surface area (Å²) >= 11 is 4.16. The molecule has 0 aliphatic heterocycles. The number of hydrogen-bond acceptors (Lipinski definition) is 3. The number of halogens is 1. The van der Waals surface area contributed by atoms with E-state index in [1.807, 2.05) is 23.9 Å². The molecule has 1 aromatic rings. The molecule has 0 aliphatic rings. The molecule has 0 aliphatic carbocycles. The number of aromatic nitrogens is 1. The SMILES string of the molecule is CC(C)(C)CS/C=C/c1cc(C(C)(C)I)on1. The van der Waals surface area contributed by atoms with Crippen LogP contribution in [0.4, 0.5) is 0 Å². The van der Waals surface area contributed by atoms with Crippen molar-refractivity contribution in [3.63, 3.8) is 0 Å². The highest BCUT2D eigenvalue weighted by molar-refractivity contribution is 14.1. The minimum Gasteiger partial charge on any atom is -0.359 e. The molecule has 1 heterocycles. The van der Waals surface area contributed by atoms with E-state index in [1.165, 1.54) is 0 Å². The molecule has 0 radical (unpaired) electrons. The van der Waals surface area contributed by atoms with E-state index in [4.69, 9.17) is 4.52 Å². The standard InChI is InChI=1S/C13H20INOS/c1-12(2,3)9-17-7-6-10-8-11(16-15-10)13(4,5)14/h6-8H,9H2,1-5H3/b7-6+. The first kappa shape index (κ1) is 15.1. The lowest BCUT2D eigenvalue weighted by Gasteiger charge is -2.15. The molecule has 2 nitrogen and oxygen atoms in total. The first-order valence-corrected chi connectivity index (χ1v) is 7.75. The summed E-state index contributed by atoms with van der Waals surface area (Å²) in [6.07, 6.45) is 2.01. The average molecular weight is 365 g/mol. The molecule has 96 valence electrons. The van der Waals surface area contributed by atoms with Gasteiger partial charge in [0.2, 0.25) is 0 Å². The van der Waals surface area contributed by atoms with Crippen LogP contribution < -0.4 is 0 Å². The average Bonchev–Trinajstić information content (AvgIpc) is 2.58. The van der Waals surface area contributed by atoms with Crippen LogP contribution >= 0.6 is 34.4 Å². The molecule has 0 amide bonds. The first-order valence-electron chi connectivity index (χ1n) is 5.63. The smallest absolute Gasteiger partial charge is 0.152 e. The lowest BCUT2D eigenvalue weighted by atomic mass is 10.0. The van der Waals surface area contributed by atoms with Crippen LogP contribution in [0.2, 0.25) is 0 Å². The number of thioether (sulfide) groups is 1. The maximum absolute atomic E-state index is 5.31. The summed E-state index contributed by atoms with van der Waals surface area (Å²) in [6, 6.07) is 2.00. The summed E-state index contributed by atoms with van der Waals surface area (Å²) in [5.41, 5.74) is 1.25. The Labute approximate surface area is 122 Å². The molecular formula is C13H20INOS. The molecule has 17 heavy (non-hydrogen) atoms. The molecule has 0 unspecified atom stereocenters. The van der Waals surface area contributed by atoms with E-state index in [0.717, 1.165) is 17.2 Å². The maximum Gasteiger partial charge on any atom is 0.152 e. The third-order valence-electron chi connectivity index (χ3n) is 1.97. The Morgan fingerprint density at radius 1 is 1.35 bits per heavy atom. The van der Waals surface area contributed by atoms with Crippen LogP contribution in [0, 0.1) is 5.41 Å². The van der Waals surface area contributed by atoms with Gasteiger partial charge in [-0.2, -0.15) is 0 Å². The molecule has 0 saturated carbocycles. The van der Waals surface area contributed by atoms with Gasteiger partial charge in [-0.1, -0.05) is 48.5 Å². The van der Waals surface area contributed by atoms with Crippen LogP contribution in [-0.2, 0) is 3.42 Å². The van der Waals surface area contributed by atoms with E-state index < -0.39 is 0 Å². The predicted octanol–water partition coefficient (Wildman–Crippen LogP) is 5.09. The molecule has 0 saturated heterocycles. The molecule has 4 heteroatoms. The van der Waals surface area contributed by atoms with Crippen LogP contribution in [0.15, 0.2) is 16.0 Å². The van der Waals surface area contributed by atoms with Crippen molar-refractivity contribution < 1.29 is 4.52 Å². The molecule has 1 aromatic heterocycles. The second-order valence-electron chi connectivity index (χ2n) is 5.76. The second kappa shape index (κ2) is 5.78. The van der Waals surface area contributed by atoms with Crippen molar-refractivity contribution in [3.8, 4) is 0 Å². The minimum absolute atomic E-state index is 0.00456. The van der Waals surface area contributed by atoms with Gasteiger partial charge in [0.05, 0.1) is 3.42 Å². The number of nitrogens with zero attached hydrogens (tertiary/aromatic N) is 1. The molecule has 0 atom stereocenters. The van der Waals surface area contributed by atoms with E-state index in [9.17, 15) is 0 Å². The summed E-state index contributed by atoms with van der Waals surface area (Å²) in [5.74, 6) is 2.02. The highest BCUT2D eigenvalue weighted by Gasteiger charge is 2.21. The van der Waals surface area contributed by atoms with Crippen LogP contribution in [0.1, 0.15) is 46.1 Å². The topological polar surface area (TPSA) is 26.0 Å². The fraction of sp³-hybridized carbons (Fsp3) is 0.615. The van der Waals surface area contributed by atoms with Crippen LogP contribution in [0.3, 0.4) is 0 Å². The second-order valence-corrected chi connectivity index (χ2v) is 9.35.